The Labute approximate surface area is 179 Å². The van der Waals surface area contributed by atoms with E-state index in [0.717, 1.165) is 0 Å². The second-order valence-electron chi connectivity index (χ2n) is 6.49. The molecule has 162 valence electrons. The van der Waals surface area contributed by atoms with Gasteiger partial charge in [-0.25, -0.2) is 9.67 Å². The zero-order valence-corrected chi connectivity index (χ0v) is 17.6. The molecule has 1 aromatic heterocycles. The molecule has 2 aromatic carbocycles. The Balaban J connectivity index is 1.68. The van der Waals surface area contributed by atoms with Crippen molar-refractivity contribution >= 4 is 23.2 Å². The molecule has 0 fully saturated rings. The van der Waals surface area contributed by atoms with Crippen LogP contribution in [-0.4, -0.2) is 47.9 Å². The summed E-state index contributed by atoms with van der Waals surface area (Å²) in [6.45, 7) is 1.72. The monoisotopic (exact) mass is 425 g/mol. The Morgan fingerprint density at radius 2 is 1.52 bits per heavy atom. The predicted octanol–water partition coefficient (Wildman–Crippen LogP) is 2.76. The lowest BCUT2D eigenvalue weighted by Crippen LogP contribution is -2.24. The number of carbonyl (C=O) groups is 2. The average molecular weight is 425 g/mol. The number of hydrogen-bond donors (Lipinski definition) is 2. The Hall–Kier alpha value is -4.08. The third-order valence-electron chi connectivity index (χ3n) is 4.55. The Morgan fingerprint density at radius 1 is 0.935 bits per heavy atom. The molecule has 10 nitrogen and oxygen atoms in total. The van der Waals surface area contributed by atoms with Crippen molar-refractivity contribution in [2.45, 2.75) is 13.0 Å². The van der Waals surface area contributed by atoms with E-state index in [0.29, 0.717) is 34.2 Å². The molecule has 0 aliphatic heterocycles. The lowest BCUT2D eigenvalue weighted by atomic mass is 10.1. The molecule has 0 saturated carbocycles. The molecular weight excluding hydrogens is 402 g/mol. The van der Waals surface area contributed by atoms with Gasteiger partial charge in [0.1, 0.15) is 18.7 Å². The van der Waals surface area contributed by atoms with E-state index in [9.17, 15) is 9.59 Å². The molecule has 1 heterocycles. The van der Waals surface area contributed by atoms with Crippen molar-refractivity contribution in [3.63, 3.8) is 0 Å². The zero-order chi connectivity index (χ0) is 22.4. The van der Waals surface area contributed by atoms with E-state index in [1.54, 1.807) is 43.3 Å². The van der Waals surface area contributed by atoms with Crippen LogP contribution in [0.3, 0.4) is 0 Å². The highest BCUT2D eigenvalue weighted by molar-refractivity contribution is 6.05. The van der Waals surface area contributed by atoms with Crippen molar-refractivity contribution in [3.8, 4) is 17.2 Å². The highest BCUT2D eigenvalue weighted by atomic mass is 16.5. The maximum atomic E-state index is 12.7. The second kappa shape index (κ2) is 9.61. The van der Waals surface area contributed by atoms with Gasteiger partial charge in [-0.15, -0.1) is 0 Å². The minimum Gasteiger partial charge on any atom is -0.493 e. The summed E-state index contributed by atoms with van der Waals surface area (Å²) in [5.74, 6) is 0.579. The van der Waals surface area contributed by atoms with Gasteiger partial charge in [-0.3, -0.25) is 9.59 Å². The first-order chi connectivity index (χ1) is 15.0. The summed E-state index contributed by atoms with van der Waals surface area (Å²) >= 11 is 0. The molecule has 0 bridgehead atoms. The number of anilines is 2. The fourth-order valence-corrected chi connectivity index (χ4v) is 2.84. The largest absolute Gasteiger partial charge is 0.493 e. The first kappa shape index (κ1) is 21.6. The number of methoxy groups -OCH3 is 3. The molecule has 0 radical (unpaired) electrons. The molecule has 3 rings (SSSR count). The first-order valence-electron chi connectivity index (χ1n) is 9.33. The van der Waals surface area contributed by atoms with Crippen LogP contribution < -0.4 is 24.8 Å². The minimum absolute atomic E-state index is 0.236. The van der Waals surface area contributed by atoms with Gasteiger partial charge in [0.15, 0.2) is 11.5 Å². The molecule has 0 aliphatic carbocycles. The number of ether oxygens (including phenoxy) is 3. The van der Waals surface area contributed by atoms with Crippen LogP contribution in [0.25, 0.3) is 0 Å². The number of rotatable bonds is 8. The molecular formula is C21H23N5O5. The van der Waals surface area contributed by atoms with Crippen molar-refractivity contribution in [1.82, 2.24) is 14.8 Å². The third kappa shape index (κ3) is 4.92. The number of nitrogens with one attached hydrogen (secondary N) is 2. The summed E-state index contributed by atoms with van der Waals surface area (Å²) in [5, 5.41) is 9.56. The summed E-state index contributed by atoms with van der Waals surface area (Å²) in [6, 6.07) is 9.38. The van der Waals surface area contributed by atoms with Crippen molar-refractivity contribution in [2.75, 3.05) is 32.0 Å². The lowest BCUT2D eigenvalue weighted by Gasteiger charge is -2.14. The normalized spacial score (nSPS) is 11.4. The van der Waals surface area contributed by atoms with Crippen molar-refractivity contribution in [2.24, 2.45) is 0 Å². The molecule has 2 amide bonds. The smallest absolute Gasteiger partial charge is 0.255 e. The number of amides is 2. The molecule has 0 aliphatic rings. The SMILES string of the molecule is COc1cc(C(=O)Nc2ccc(NC(=O)C(C)n3cncn3)cc2)cc(OC)c1OC. The highest BCUT2D eigenvalue weighted by Crippen LogP contribution is 2.38. The summed E-state index contributed by atoms with van der Waals surface area (Å²) < 4.78 is 17.3. The predicted molar refractivity (Wildman–Crippen MR) is 114 cm³/mol. The highest BCUT2D eigenvalue weighted by Gasteiger charge is 2.18. The van der Waals surface area contributed by atoms with Gasteiger partial charge in [-0.05, 0) is 43.3 Å². The zero-order valence-electron chi connectivity index (χ0n) is 17.6. The maximum Gasteiger partial charge on any atom is 0.255 e. The van der Waals surface area contributed by atoms with Crippen LogP contribution in [0, 0.1) is 0 Å². The van der Waals surface area contributed by atoms with E-state index in [1.165, 1.54) is 38.7 Å². The van der Waals surface area contributed by atoms with E-state index in [4.69, 9.17) is 14.2 Å². The molecule has 31 heavy (non-hydrogen) atoms. The van der Waals surface area contributed by atoms with Crippen LogP contribution >= 0.6 is 0 Å². The van der Waals surface area contributed by atoms with Gasteiger partial charge in [0.05, 0.1) is 21.3 Å². The Morgan fingerprint density at radius 3 is 2.00 bits per heavy atom. The topological polar surface area (TPSA) is 117 Å². The van der Waals surface area contributed by atoms with Crippen LogP contribution in [-0.2, 0) is 4.79 Å². The molecule has 0 saturated heterocycles. The Kier molecular flexibility index (Phi) is 6.71. The van der Waals surface area contributed by atoms with E-state index < -0.39 is 6.04 Å². The van der Waals surface area contributed by atoms with Gasteiger partial charge >= 0.3 is 0 Å². The van der Waals surface area contributed by atoms with Crippen molar-refractivity contribution < 1.29 is 23.8 Å². The van der Waals surface area contributed by atoms with Gasteiger partial charge in [0, 0.05) is 16.9 Å². The molecule has 1 unspecified atom stereocenters. The van der Waals surface area contributed by atoms with Crippen molar-refractivity contribution in [1.29, 1.82) is 0 Å². The van der Waals surface area contributed by atoms with Gasteiger partial charge in [0.25, 0.3) is 5.91 Å². The number of nitrogens with zero attached hydrogens (tertiary/aromatic N) is 3. The third-order valence-corrected chi connectivity index (χ3v) is 4.55. The van der Waals surface area contributed by atoms with E-state index >= 15 is 0 Å². The van der Waals surface area contributed by atoms with E-state index in [-0.39, 0.29) is 11.8 Å². The van der Waals surface area contributed by atoms with Gasteiger partial charge < -0.3 is 24.8 Å². The standard InChI is InChI=1S/C21H23N5O5/c1-13(26-12-22-11-23-26)20(27)24-15-5-7-16(8-6-15)25-21(28)14-9-17(29-2)19(31-4)18(10-14)30-3/h5-13H,1-4H3,(H,24,27)(H,25,28). The van der Waals surface area contributed by atoms with E-state index in [2.05, 4.69) is 20.7 Å². The van der Waals surface area contributed by atoms with Crippen LogP contribution in [0.15, 0.2) is 49.1 Å². The summed E-state index contributed by atoms with van der Waals surface area (Å²) in [5.41, 5.74) is 1.48. The number of aromatic nitrogens is 3. The average Bonchev–Trinajstić information content (AvgIpc) is 3.33. The van der Waals surface area contributed by atoms with Crippen LogP contribution in [0.2, 0.25) is 0 Å². The van der Waals surface area contributed by atoms with Crippen molar-refractivity contribution in [3.05, 3.63) is 54.6 Å². The van der Waals surface area contributed by atoms with E-state index in [1.807, 2.05) is 0 Å². The summed E-state index contributed by atoms with van der Waals surface area (Å²) in [6.07, 6.45) is 2.85. The molecule has 10 heteroatoms. The van der Waals surface area contributed by atoms with Crippen LogP contribution in [0.1, 0.15) is 23.3 Å². The number of carbonyl (C=O) groups excluding carboxylic acids is 2. The molecule has 2 N–H and O–H groups in total. The molecule has 3 aromatic rings. The molecule has 0 spiro atoms. The van der Waals surface area contributed by atoms with Crippen LogP contribution in [0.4, 0.5) is 11.4 Å². The second-order valence-corrected chi connectivity index (χ2v) is 6.49. The van der Waals surface area contributed by atoms with Gasteiger partial charge in [-0.1, -0.05) is 0 Å². The number of hydrogen-bond acceptors (Lipinski definition) is 7. The summed E-state index contributed by atoms with van der Waals surface area (Å²) in [7, 11) is 4.46. The van der Waals surface area contributed by atoms with Gasteiger partial charge in [0.2, 0.25) is 11.7 Å². The minimum atomic E-state index is -0.512. The fourth-order valence-electron chi connectivity index (χ4n) is 2.84. The quantitative estimate of drug-likeness (QED) is 0.570. The first-order valence-corrected chi connectivity index (χ1v) is 9.33. The Bertz CT molecular complexity index is 1030. The fraction of sp³-hybridized carbons (Fsp3) is 0.238. The maximum absolute atomic E-state index is 12.7. The molecule has 1 atom stereocenters. The summed E-state index contributed by atoms with van der Waals surface area (Å²) in [4.78, 5) is 28.9. The lowest BCUT2D eigenvalue weighted by molar-refractivity contribution is -0.119. The van der Waals surface area contributed by atoms with Gasteiger partial charge in [-0.2, -0.15) is 5.10 Å². The van der Waals surface area contributed by atoms with Crippen LogP contribution in [0.5, 0.6) is 17.2 Å². The number of benzene rings is 2.